The molecule has 104 valence electrons. The lowest BCUT2D eigenvalue weighted by molar-refractivity contribution is 0.550. The number of nitrogens with one attached hydrogen (secondary N) is 1. The van der Waals surface area contributed by atoms with Crippen molar-refractivity contribution in [3.8, 4) is 0 Å². The SMILES string of the molecule is Fc1ccccc1[C@H]1CCNCCN1c1ccccc1. The second kappa shape index (κ2) is 6.06. The number of halogens is 1. The van der Waals surface area contributed by atoms with Gasteiger partial charge < -0.3 is 10.2 Å². The minimum atomic E-state index is -0.111. The molecule has 2 aromatic carbocycles. The summed E-state index contributed by atoms with van der Waals surface area (Å²) in [7, 11) is 0. The van der Waals surface area contributed by atoms with Crippen LogP contribution >= 0.6 is 0 Å². The Balaban J connectivity index is 1.98. The molecule has 2 aromatic rings. The molecule has 3 heteroatoms. The van der Waals surface area contributed by atoms with Crippen molar-refractivity contribution in [3.63, 3.8) is 0 Å². The maximum absolute atomic E-state index is 14.1. The predicted octanol–water partition coefficient (Wildman–Crippen LogP) is 3.37. The number of hydrogen-bond donors (Lipinski definition) is 1. The fourth-order valence-corrected chi connectivity index (χ4v) is 2.87. The Kier molecular flexibility index (Phi) is 3.97. The molecule has 1 atom stereocenters. The first-order valence-electron chi connectivity index (χ1n) is 7.13. The first-order valence-corrected chi connectivity index (χ1v) is 7.13. The molecule has 0 aliphatic carbocycles. The maximum Gasteiger partial charge on any atom is 0.128 e. The van der Waals surface area contributed by atoms with Crippen LogP contribution in [0.1, 0.15) is 18.0 Å². The van der Waals surface area contributed by atoms with E-state index in [1.54, 1.807) is 12.1 Å². The maximum atomic E-state index is 14.1. The Morgan fingerprint density at radius 1 is 0.950 bits per heavy atom. The van der Waals surface area contributed by atoms with Crippen molar-refractivity contribution in [2.75, 3.05) is 24.5 Å². The van der Waals surface area contributed by atoms with Gasteiger partial charge in [0, 0.05) is 24.3 Å². The number of para-hydroxylation sites is 1. The Hall–Kier alpha value is -1.87. The van der Waals surface area contributed by atoms with Gasteiger partial charge >= 0.3 is 0 Å². The summed E-state index contributed by atoms with van der Waals surface area (Å²) in [5.41, 5.74) is 1.95. The van der Waals surface area contributed by atoms with Gasteiger partial charge in [0.2, 0.25) is 0 Å². The summed E-state index contributed by atoms with van der Waals surface area (Å²) >= 11 is 0. The highest BCUT2D eigenvalue weighted by Crippen LogP contribution is 2.31. The molecule has 0 radical (unpaired) electrons. The van der Waals surface area contributed by atoms with E-state index in [2.05, 4.69) is 22.3 Å². The second-order valence-electron chi connectivity index (χ2n) is 5.10. The minimum Gasteiger partial charge on any atom is -0.363 e. The number of benzene rings is 2. The Bertz CT molecular complexity index is 556. The molecule has 1 aliphatic rings. The van der Waals surface area contributed by atoms with E-state index in [0.717, 1.165) is 37.3 Å². The summed E-state index contributed by atoms with van der Waals surface area (Å²) in [6.07, 6.45) is 0.913. The van der Waals surface area contributed by atoms with Crippen LogP contribution < -0.4 is 10.2 Å². The van der Waals surface area contributed by atoms with E-state index in [9.17, 15) is 4.39 Å². The average Bonchev–Trinajstić information content (AvgIpc) is 2.74. The standard InChI is InChI=1S/C17H19FN2/c18-16-9-5-4-8-15(16)17-10-11-19-12-13-20(17)14-6-2-1-3-7-14/h1-9,17,19H,10-13H2/t17-/m1/s1. The molecular formula is C17H19FN2. The molecule has 3 rings (SSSR count). The Labute approximate surface area is 119 Å². The molecule has 1 aliphatic heterocycles. The summed E-state index contributed by atoms with van der Waals surface area (Å²) in [6.45, 7) is 2.74. The Morgan fingerprint density at radius 2 is 1.70 bits per heavy atom. The van der Waals surface area contributed by atoms with Gasteiger partial charge in [-0.15, -0.1) is 0 Å². The zero-order valence-corrected chi connectivity index (χ0v) is 11.4. The van der Waals surface area contributed by atoms with E-state index in [1.807, 2.05) is 30.3 Å². The predicted molar refractivity (Wildman–Crippen MR) is 80.4 cm³/mol. The molecular weight excluding hydrogens is 251 g/mol. The van der Waals surface area contributed by atoms with Crippen LogP contribution in [0.2, 0.25) is 0 Å². The van der Waals surface area contributed by atoms with Crippen molar-refractivity contribution in [1.82, 2.24) is 5.32 Å². The molecule has 2 nitrogen and oxygen atoms in total. The quantitative estimate of drug-likeness (QED) is 0.900. The molecule has 1 saturated heterocycles. The van der Waals surface area contributed by atoms with Crippen molar-refractivity contribution in [2.24, 2.45) is 0 Å². The fraction of sp³-hybridized carbons (Fsp3) is 0.294. The summed E-state index contributed by atoms with van der Waals surface area (Å²) in [5.74, 6) is -0.111. The van der Waals surface area contributed by atoms with Crippen LogP contribution in [0.3, 0.4) is 0 Å². The van der Waals surface area contributed by atoms with Gasteiger partial charge in [0.05, 0.1) is 6.04 Å². The molecule has 0 unspecified atom stereocenters. The molecule has 0 saturated carbocycles. The zero-order chi connectivity index (χ0) is 13.8. The molecule has 1 fully saturated rings. The van der Waals surface area contributed by atoms with Crippen molar-refractivity contribution in [3.05, 3.63) is 66.0 Å². The summed E-state index contributed by atoms with van der Waals surface area (Å²) < 4.78 is 14.1. The average molecular weight is 270 g/mol. The third kappa shape index (κ3) is 2.68. The number of hydrogen-bond acceptors (Lipinski definition) is 2. The molecule has 1 N–H and O–H groups in total. The largest absolute Gasteiger partial charge is 0.363 e. The van der Waals surface area contributed by atoms with Crippen LogP contribution in [0.5, 0.6) is 0 Å². The van der Waals surface area contributed by atoms with E-state index in [4.69, 9.17) is 0 Å². The second-order valence-corrected chi connectivity index (χ2v) is 5.10. The van der Waals surface area contributed by atoms with Gasteiger partial charge in [-0.2, -0.15) is 0 Å². The first kappa shape index (κ1) is 13.1. The number of nitrogens with zero attached hydrogens (tertiary/aromatic N) is 1. The fourth-order valence-electron chi connectivity index (χ4n) is 2.87. The van der Waals surface area contributed by atoms with E-state index in [-0.39, 0.29) is 11.9 Å². The van der Waals surface area contributed by atoms with Crippen LogP contribution in [0.25, 0.3) is 0 Å². The zero-order valence-electron chi connectivity index (χ0n) is 11.4. The lowest BCUT2D eigenvalue weighted by atomic mass is 10.0. The summed E-state index contributed by atoms with van der Waals surface area (Å²) in [4.78, 5) is 2.30. The van der Waals surface area contributed by atoms with Crippen molar-refractivity contribution < 1.29 is 4.39 Å². The monoisotopic (exact) mass is 270 g/mol. The van der Waals surface area contributed by atoms with Gasteiger partial charge in [0.25, 0.3) is 0 Å². The highest BCUT2D eigenvalue weighted by atomic mass is 19.1. The van der Waals surface area contributed by atoms with Crippen LogP contribution in [-0.2, 0) is 0 Å². The van der Waals surface area contributed by atoms with E-state index in [0.29, 0.717) is 0 Å². The van der Waals surface area contributed by atoms with Crippen molar-refractivity contribution >= 4 is 5.69 Å². The Morgan fingerprint density at radius 3 is 2.50 bits per heavy atom. The van der Waals surface area contributed by atoms with Gasteiger partial charge in [-0.25, -0.2) is 4.39 Å². The smallest absolute Gasteiger partial charge is 0.128 e. The lowest BCUT2D eigenvalue weighted by Gasteiger charge is -2.32. The normalized spacial score (nSPS) is 19.6. The third-order valence-electron chi connectivity index (χ3n) is 3.85. The highest BCUT2D eigenvalue weighted by molar-refractivity contribution is 5.49. The molecule has 0 bridgehead atoms. The van der Waals surface area contributed by atoms with Gasteiger partial charge in [-0.1, -0.05) is 36.4 Å². The molecule has 0 spiro atoms. The minimum absolute atomic E-state index is 0.0913. The van der Waals surface area contributed by atoms with E-state index < -0.39 is 0 Å². The lowest BCUT2D eigenvalue weighted by Crippen LogP contribution is -2.31. The van der Waals surface area contributed by atoms with Crippen molar-refractivity contribution in [2.45, 2.75) is 12.5 Å². The van der Waals surface area contributed by atoms with Crippen molar-refractivity contribution in [1.29, 1.82) is 0 Å². The summed E-state index contributed by atoms with van der Waals surface area (Å²) in [6, 6.07) is 17.5. The van der Waals surface area contributed by atoms with E-state index >= 15 is 0 Å². The van der Waals surface area contributed by atoms with Crippen LogP contribution in [0.15, 0.2) is 54.6 Å². The first-order chi connectivity index (χ1) is 9.86. The number of rotatable bonds is 2. The van der Waals surface area contributed by atoms with Gasteiger partial charge in [0.1, 0.15) is 5.82 Å². The summed E-state index contributed by atoms with van der Waals surface area (Å²) in [5, 5.41) is 3.40. The molecule has 1 heterocycles. The molecule has 0 aromatic heterocycles. The topological polar surface area (TPSA) is 15.3 Å². The van der Waals surface area contributed by atoms with Gasteiger partial charge in [0.15, 0.2) is 0 Å². The van der Waals surface area contributed by atoms with Gasteiger partial charge in [-0.05, 0) is 31.2 Å². The van der Waals surface area contributed by atoms with Crippen LogP contribution in [-0.4, -0.2) is 19.6 Å². The van der Waals surface area contributed by atoms with Gasteiger partial charge in [-0.3, -0.25) is 0 Å². The number of anilines is 1. The molecule has 20 heavy (non-hydrogen) atoms. The highest BCUT2D eigenvalue weighted by Gasteiger charge is 2.24. The van der Waals surface area contributed by atoms with Crippen LogP contribution in [0, 0.1) is 5.82 Å². The van der Waals surface area contributed by atoms with Crippen LogP contribution in [0.4, 0.5) is 10.1 Å². The van der Waals surface area contributed by atoms with E-state index in [1.165, 1.54) is 0 Å². The third-order valence-corrected chi connectivity index (χ3v) is 3.85. The molecule has 0 amide bonds.